The van der Waals surface area contributed by atoms with Crippen LogP contribution in [0.1, 0.15) is 92.4 Å². The van der Waals surface area contributed by atoms with Gasteiger partial charge in [-0.05, 0) is 0 Å². The van der Waals surface area contributed by atoms with E-state index in [1.165, 1.54) is 19.3 Å². The molecular weight excluding hydrogens is 383 g/mol. The van der Waals surface area contributed by atoms with Crippen LogP contribution in [0.25, 0.3) is 0 Å². The second-order valence-electron chi connectivity index (χ2n) is 9.71. The molecule has 23 heavy (non-hydrogen) atoms. The third-order valence-corrected chi connectivity index (χ3v) is 24.0. The van der Waals surface area contributed by atoms with Crippen molar-refractivity contribution in [1.82, 2.24) is 0 Å². The molecule has 0 aromatic carbocycles. The molecule has 3 fully saturated rings. The average Bonchev–Trinajstić information content (AvgIpc) is 2.56. The van der Waals surface area contributed by atoms with E-state index in [1.807, 2.05) is 0 Å². The minimum atomic E-state index is -1.90. The van der Waals surface area contributed by atoms with Gasteiger partial charge in [0.15, 0.2) is 0 Å². The van der Waals surface area contributed by atoms with Crippen LogP contribution in [-0.2, 0) is 0 Å². The molecule has 3 aliphatic rings. The average molecular weight is 427 g/mol. The third kappa shape index (κ3) is 4.70. The fourth-order valence-corrected chi connectivity index (χ4v) is 24.0. The van der Waals surface area contributed by atoms with Crippen LogP contribution >= 0.6 is 0 Å². The van der Waals surface area contributed by atoms with Gasteiger partial charge in [0.25, 0.3) is 0 Å². The van der Waals surface area contributed by atoms with Crippen LogP contribution in [0.2, 0.25) is 17.7 Å². The molecular formula is C22H44Sn. The van der Waals surface area contributed by atoms with E-state index in [0.717, 1.165) is 17.8 Å². The number of unbranched alkanes of at least 4 members (excludes halogenated alkanes) is 3. The molecule has 0 saturated heterocycles. The zero-order valence-electron chi connectivity index (χ0n) is 16.9. The van der Waals surface area contributed by atoms with Crippen molar-refractivity contribution in [2.24, 2.45) is 23.2 Å². The second kappa shape index (κ2) is 8.95. The molecule has 3 rings (SSSR count). The summed E-state index contributed by atoms with van der Waals surface area (Å²) in [6.07, 6.45) is 13.7. The van der Waals surface area contributed by atoms with Crippen molar-refractivity contribution in [2.75, 3.05) is 0 Å². The zero-order valence-corrected chi connectivity index (χ0v) is 19.8. The van der Waals surface area contributed by atoms with Crippen molar-refractivity contribution < 1.29 is 0 Å². The van der Waals surface area contributed by atoms with Gasteiger partial charge in [0, 0.05) is 0 Å². The van der Waals surface area contributed by atoms with Crippen molar-refractivity contribution >= 4 is 18.4 Å². The predicted octanol–water partition coefficient (Wildman–Crippen LogP) is 7.91. The molecule has 3 aliphatic carbocycles. The van der Waals surface area contributed by atoms with Gasteiger partial charge in [-0.1, -0.05) is 0 Å². The Morgan fingerprint density at radius 3 is 1.74 bits per heavy atom. The summed E-state index contributed by atoms with van der Waals surface area (Å²) < 4.78 is 6.93. The van der Waals surface area contributed by atoms with E-state index in [1.54, 1.807) is 56.3 Å². The molecule has 0 nitrogen and oxygen atoms in total. The van der Waals surface area contributed by atoms with E-state index in [4.69, 9.17) is 0 Å². The molecule has 3 unspecified atom stereocenters. The minimum absolute atomic E-state index is 0.695. The molecule has 0 aromatic rings. The summed E-state index contributed by atoms with van der Waals surface area (Å²) in [5.74, 6) is 3.31. The quantitative estimate of drug-likeness (QED) is 0.294. The molecule has 2 bridgehead atoms. The Morgan fingerprint density at radius 1 is 0.826 bits per heavy atom. The van der Waals surface area contributed by atoms with Gasteiger partial charge in [-0.2, -0.15) is 0 Å². The van der Waals surface area contributed by atoms with Crippen molar-refractivity contribution in [3.63, 3.8) is 0 Å². The SMILES string of the molecule is CCC[CH2][Sn]([CH2]CCC)([CH2]CCC)[CH2]C1CCC2CC1C2(C)C. The molecule has 3 atom stereocenters. The van der Waals surface area contributed by atoms with Crippen LogP contribution in [-0.4, -0.2) is 18.4 Å². The van der Waals surface area contributed by atoms with Crippen LogP contribution in [0, 0.1) is 23.2 Å². The summed E-state index contributed by atoms with van der Waals surface area (Å²) in [5.41, 5.74) is 0.695. The molecule has 3 saturated carbocycles. The van der Waals surface area contributed by atoms with Gasteiger partial charge in [-0.15, -0.1) is 0 Å². The van der Waals surface area contributed by atoms with Gasteiger partial charge >= 0.3 is 152 Å². The molecule has 0 amide bonds. The topological polar surface area (TPSA) is 0 Å². The van der Waals surface area contributed by atoms with Crippen LogP contribution < -0.4 is 0 Å². The molecule has 0 aliphatic heterocycles. The number of fused-ring (bicyclic) bond motifs is 2. The van der Waals surface area contributed by atoms with E-state index < -0.39 is 18.4 Å². The Balaban J connectivity index is 2.07. The third-order valence-electron chi connectivity index (χ3n) is 7.88. The van der Waals surface area contributed by atoms with Crippen LogP contribution in [0.3, 0.4) is 0 Å². The Bertz CT molecular complexity index is 322. The summed E-state index contributed by atoms with van der Waals surface area (Å²) in [6.45, 7) is 12.4. The van der Waals surface area contributed by atoms with E-state index >= 15 is 0 Å². The molecule has 0 N–H and O–H groups in total. The first kappa shape index (κ1) is 20.1. The maximum absolute atomic E-state index is 2.60. The molecule has 0 heterocycles. The predicted molar refractivity (Wildman–Crippen MR) is 108 cm³/mol. The van der Waals surface area contributed by atoms with Gasteiger partial charge in [0.2, 0.25) is 0 Å². The van der Waals surface area contributed by atoms with Crippen LogP contribution in [0.5, 0.6) is 0 Å². The Labute approximate surface area is 151 Å². The maximum atomic E-state index is 2.60. The molecule has 0 aromatic heterocycles. The zero-order chi connectivity index (χ0) is 16.9. The standard InChI is InChI=1S/C10H17.3C4H9.Sn/c1-7-4-5-8-6-9(7)10(8,2)3;3*1-3-4-2;/h7-9H,1,4-6H2,2-3H3;3*1,3-4H2,2H3;. The van der Waals surface area contributed by atoms with Crippen molar-refractivity contribution in [3.05, 3.63) is 0 Å². The van der Waals surface area contributed by atoms with Crippen molar-refractivity contribution in [2.45, 2.75) is 110 Å². The van der Waals surface area contributed by atoms with Gasteiger partial charge < -0.3 is 0 Å². The van der Waals surface area contributed by atoms with E-state index in [0.29, 0.717) is 5.41 Å². The fraction of sp³-hybridized carbons (Fsp3) is 1.00. The first-order chi connectivity index (χ1) is 11.0. The molecule has 1 heteroatoms. The number of hydrogen-bond donors (Lipinski definition) is 0. The van der Waals surface area contributed by atoms with Crippen molar-refractivity contribution in [3.8, 4) is 0 Å². The first-order valence-corrected chi connectivity index (χ1v) is 19.1. The number of rotatable bonds is 11. The normalized spacial score (nSPS) is 29.3. The second-order valence-corrected chi connectivity index (χ2v) is 23.7. The Hall–Kier alpha value is 0.799. The van der Waals surface area contributed by atoms with Gasteiger partial charge in [0.1, 0.15) is 0 Å². The van der Waals surface area contributed by atoms with E-state index in [2.05, 4.69) is 34.6 Å². The van der Waals surface area contributed by atoms with E-state index in [9.17, 15) is 0 Å². The van der Waals surface area contributed by atoms with Crippen LogP contribution in [0.15, 0.2) is 0 Å². The molecule has 136 valence electrons. The molecule has 0 radical (unpaired) electrons. The summed E-state index contributed by atoms with van der Waals surface area (Å²) >= 11 is -1.90. The summed E-state index contributed by atoms with van der Waals surface area (Å²) in [5, 5.41) is 0. The molecule has 0 spiro atoms. The van der Waals surface area contributed by atoms with E-state index in [-0.39, 0.29) is 0 Å². The Morgan fingerprint density at radius 2 is 1.35 bits per heavy atom. The van der Waals surface area contributed by atoms with Crippen LogP contribution in [0.4, 0.5) is 0 Å². The van der Waals surface area contributed by atoms with Gasteiger partial charge in [0.05, 0.1) is 0 Å². The summed E-state index contributed by atoms with van der Waals surface area (Å²) in [6, 6.07) is 0. The summed E-state index contributed by atoms with van der Waals surface area (Å²) in [7, 11) is 0. The number of hydrogen-bond acceptors (Lipinski definition) is 0. The van der Waals surface area contributed by atoms with Gasteiger partial charge in [-0.3, -0.25) is 0 Å². The summed E-state index contributed by atoms with van der Waals surface area (Å²) in [4.78, 5) is 0. The van der Waals surface area contributed by atoms with Gasteiger partial charge in [-0.25, -0.2) is 0 Å². The first-order valence-electron chi connectivity index (χ1n) is 11.0. The fourth-order valence-electron chi connectivity index (χ4n) is 6.10. The Kier molecular flexibility index (Phi) is 7.82. The monoisotopic (exact) mass is 428 g/mol. The van der Waals surface area contributed by atoms with Crippen molar-refractivity contribution in [1.29, 1.82) is 0 Å².